The largest absolute Gasteiger partial charge is 0.465 e. The molecule has 0 amide bonds. The average molecular weight is 262 g/mol. The number of esters is 1. The maximum absolute atomic E-state index is 12.0. The van der Waals surface area contributed by atoms with Crippen molar-refractivity contribution in [3.63, 3.8) is 0 Å². The van der Waals surface area contributed by atoms with Crippen LogP contribution in [0.15, 0.2) is 54.6 Å². The quantitative estimate of drug-likeness (QED) is 0.664. The fourth-order valence-corrected chi connectivity index (χ4v) is 2.14. The number of nitrogens with zero attached hydrogens (tertiary/aromatic N) is 1. The van der Waals surface area contributed by atoms with E-state index in [9.17, 15) is 4.79 Å². The second-order valence-electron chi connectivity index (χ2n) is 4.34. The summed E-state index contributed by atoms with van der Waals surface area (Å²) in [4.78, 5) is 16.5. The minimum absolute atomic E-state index is 0.360. The second-order valence-corrected chi connectivity index (χ2v) is 4.34. The van der Waals surface area contributed by atoms with Crippen LogP contribution in [0, 0.1) is 6.07 Å². The molecule has 3 aromatic rings. The Morgan fingerprint density at radius 3 is 2.70 bits per heavy atom. The van der Waals surface area contributed by atoms with Gasteiger partial charge in [-0.25, -0.2) is 9.78 Å². The summed E-state index contributed by atoms with van der Waals surface area (Å²) in [6, 6.07) is 19.9. The van der Waals surface area contributed by atoms with Crippen molar-refractivity contribution in [2.75, 3.05) is 7.11 Å². The maximum Gasteiger partial charge on any atom is 0.338 e. The lowest BCUT2D eigenvalue weighted by atomic mass is 10.0. The minimum Gasteiger partial charge on any atom is -0.465 e. The predicted octanol–water partition coefficient (Wildman–Crippen LogP) is 3.49. The van der Waals surface area contributed by atoms with E-state index in [0.717, 1.165) is 16.5 Å². The number of hydrogen-bond donors (Lipinski definition) is 0. The first-order valence-corrected chi connectivity index (χ1v) is 6.25. The fourth-order valence-electron chi connectivity index (χ4n) is 2.14. The van der Waals surface area contributed by atoms with Gasteiger partial charge in [0.1, 0.15) is 0 Å². The SMILES string of the molecule is COC(=O)c1cc(-c2[c]cccc2)nc2ccccc12. The van der Waals surface area contributed by atoms with Gasteiger partial charge in [0.25, 0.3) is 0 Å². The zero-order chi connectivity index (χ0) is 13.9. The Morgan fingerprint density at radius 1 is 1.15 bits per heavy atom. The molecule has 0 aliphatic heterocycles. The summed E-state index contributed by atoms with van der Waals surface area (Å²) in [7, 11) is 1.38. The molecule has 0 fully saturated rings. The minimum atomic E-state index is -0.360. The molecule has 20 heavy (non-hydrogen) atoms. The molecule has 0 saturated carbocycles. The van der Waals surface area contributed by atoms with Crippen molar-refractivity contribution in [2.24, 2.45) is 0 Å². The molecular formula is C17H12NO2. The highest BCUT2D eigenvalue weighted by atomic mass is 16.5. The molecule has 0 bridgehead atoms. The number of fused-ring (bicyclic) bond motifs is 1. The van der Waals surface area contributed by atoms with Crippen molar-refractivity contribution < 1.29 is 9.53 Å². The van der Waals surface area contributed by atoms with Crippen molar-refractivity contribution in [1.29, 1.82) is 0 Å². The maximum atomic E-state index is 12.0. The van der Waals surface area contributed by atoms with Crippen LogP contribution in [-0.2, 0) is 4.74 Å². The third kappa shape index (κ3) is 2.14. The van der Waals surface area contributed by atoms with Crippen LogP contribution >= 0.6 is 0 Å². The monoisotopic (exact) mass is 262 g/mol. The Bertz CT molecular complexity index is 766. The summed E-state index contributed by atoms with van der Waals surface area (Å²) in [5.74, 6) is -0.360. The Balaban J connectivity index is 2.28. The van der Waals surface area contributed by atoms with Gasteiger partial charge >= 0.3 is 5.97 Å². The van der Waals surface area contributed by atoms with Gasteiger partial charge in [-0.2, -0.15) is 0 Å². The highest BCUT2D eigenvalue weighted by Gasteiger charge is 2.13. The number of para-hydroxylation sites is 1. The van der Waals surface area contributed by atoms with Gasteiger partial charge in [0.05, 0.1) is 23.9 Å². The highest BCUT2D eigenvalue weighted by Crippen LogP contribution is 2.24. The molecular weight excluding hydrogens is 250 g/mol. The molecule has 0 aliphatic rings. The number of methoxy groups -OCH3 is 1. The number of benzene rings is 2. The molecule has 1 radical (unpaired) electrons. The normalized spacial score (nSPS) is 10.4. The topological polar surface area (TPSA) is 39.2 Å². The summed E-state index contributed by atoms with van der Waals surface area (Å²) in [5.41, 5.74) is 2.85. The van der Waals surface area contributed by atoms with Crippen molar-refractivity contribution in [3.05, 3.63) is 66.2 Å². The van der Waals surface area contributed by atoms with Crippen LogP contribution in [0.2, 0.25) is 0 Å². The Labute approximate surface area is 116 Å². The Hall–Kier alpha value is -2.68. The lowest BCUT2D eigenvalue weighted by molar-refractivity contribution is 0.0603. The molecule has 2 aromatic carbocycles. The number of rotatable bonds is 2. The molecule has 3 heteroatoms. The number of ether oxygens (including phenoxy) is 1. The molecule has 0 N–H and O–H groups in total. The number of aromatic nitrogens is 1. The zero-order valence-corrected chi connectivity index (χ0v) is 11.0. The number of carbonyl (C=O) groups excluding carboxylic acids is 1. The first-order valence-electron chi connectivity index (χ1n) is 6.25. The summed E-state index contributed by atoms with van der Waals surface area (Å²) in [5, 5.41) is 0.791. The zero-order valence-electron chi connectivity index (χ0n) is 11.0. The second kappa shape index (κ2) is 5.13. The van der Waals surface area contributed by atoms with E-state index in [1.165, 1.54) is 7.11 Å². The highest BCUT2D eigenvalue weighted by molar-refractivity contribution is 6.04. The van der Waals surface area contributed by atoms with E-state index >= 15 is 0 Å². The standard InChI is InChI=1S/C17H12NO2/c1-20-17(19)14-11-16(12-7-3-2-4-8-12)18-15-10-6-5-9-13(14)15/h2-7,9-11H,1H3. The molecule has 97 valence electrons. The first kappa shape index (κ1) is 12.4. The van der Waals surface area contributed by atoms with Gasteiger partial charge in [0, 0.05) is 10.9 Å². The third-order valence-corrected chi connectivity index (χ3v) is 3.11. The van der Waals surface area contributed by atoms with Gasteiger partial charge in [0.2, 0.25) is 0 Å². The number of carbonyl (C=O) groups is 1. The van der Waals surface area contributed by atoms with E-state index in [4.69, 9.17) is 4.74 Å². The van der Waals surface area contributed by atoms with Crippen LogP contribution in [0.3, 0.4) is 0 Å². The first-order chi connectivity index (χ1) is 9.79. The van der Waals surface area contributed by atoms with E-state index in [1.807, 2.05) is 48.5 Å². The van der Waals surface area contributed by atoms with Gasteiger partial charge in [-0.1, -0.05) is 42.5 Å². The van der Waals surface area contributed by atoms with Crippen LogP contribution in [-0.4, -0.2) is 18.1 Å². The van der Waals surface area contributed by atoms with Crippen LogP contribution in [0.4, 0.5) is 0 Å². The molecule has 0 saturated heterocycles. The van der Waals surface area contributed by atoms with Gasteiger partial charge in [0.15, 0.2) is 0 Å². The third-order valence-electron chi connectivity index (χ3n) is 3.11. The fraction of sp³-hybridized carbons (Fsp3) is 0.0588. The van der Waals surface area contributed by atoms with Crippen molar-refractivity contribution >= 4 is 16.9 Å². The predicted molar refractivity (Wildman–Crippen MR) is 77.4 cm³/mol. The summed E-state index contributed by atoms with van der Waals surface area (Å²) < 4.78 is 4.86. The molecule has 0 atom stereocenters. The molecule has 0 aliphatic carbocycles. The van der Waals surface area contributed by atoms with Crippen LogP contribution in [0.1, 0.15) is 10.4 Å². The van der Waals surface area contributed by atoms with E-state index in [1.54, 1.807) is 6.07 Å². The van der Waals surface area contributed by atoms with Crippen LogP contribution in [0.25, 0.3) is 22.2 Å². The van der Waals surface area contributed by atoms with Crippen LogP contribution in [0.5, 0.6) is 0 Å². The number of hydrogen-bond acceptors (Lipinski definition) is 3. The summed E-state index contributed by atoms with van der Waals surface area (Å²) in [6.07, 6.45) is 0. The molecule has 3 rings (SSSR count). The van der Waals surface area contributed by atoms with E-state index in [-0.39, 0.29) is 5.97 Å². The lowest BCUT2D eigenvalue weighted by Gasteiger charge is -2.08. The molecule has 1 heterocycles. The van der Waals surface area contributed by atoms with E-state index in [0.29, 0.717) is 11.3 Å². The number of pyridine rings is 1. The smallest absolute Gasteiger partial charge is 0.338 e. The average Bonchev–Trinajstić information content (AvgIpc) is 2.54. The Morgan fingerprint density at radius 2 is 1.95 bits per heavy atom. The van der Waals surface area contributed by atoms with Crippen LogP contribution < -0.4 is 0 Å². The summed E-state index contributed by atoms with van der Waals surface area (Å²) in [6.45, 7) is 0. The van der Waals surface area contributed by atoms with Gasteiger partial charge in [-0.3, -0.25) is 0 Å². The molecule has 3 nitrogen and oxygen atoms in total. The Kier molecular flexibility index (Phi) is 3.17. The molecule has 0 unspecified atom stereocenters. The molecule has 0 spiro atoms. The lowest BCUT2D eigenvalue weighted by Crippen LogP contribution is -2.03. The van der Waals surface area contributed by atoms with Gasteiger partial charge in [-0.05, 0) is 18.2 Å². The van der Waals surface area contributed by atoms with Crippen molar-refractivity contribution in [2.45, 2.75) is 0 Å². The van der Waals surface area contributed by atoms with Gasteiger partial charge < -0.3 is 4.74 Å². The van der Waals surface area contributed by atoms with Gasteiger partial charge in [-0.15, -0.1) is 0 Å². The molecule has 1 aromatic heterocycles. The van der Waals surface area contributed by atoms with E-state index < -0.39 is 0 Å². The van der Waals surface area contributed by atoms with Crippen molar-refractivity contribution in [1.82, 2.24) is 4.98 Å². The van der Waals surface area contributed by atoms with E-state index in [2.05, 4.69) is 11.1 Å². The van der Waals surface area contributed by atoms with Crippen molar-refractivity contribution in [3.8, 4) is 11.3 Å². The summed E-state index contributed by atoms with van der Waals surface area (Å²) >= 11 is 0.